The Balaban J connectivity index is 1.56. The average Bonchev–Trinajstić information content (AvgIpc) is 2.90. The van der Waals surface area contributed by atoms with Gasteiger partial charge in [-0.25, -0.2) is 0 Å². The van der Waals surface area contributed by atoms with Crippen LogP contribution in [0.1, 0.15) is 51.9 Å². The van der Waals surface area contributed by atoms with E-state index in [-0.39, 0.29) is 0 Å². The van der Waals surface area contributed by atoms with Gasteiger partial charge in [0.25, 0.3) is 0 Å². The average molecular weight is 211 g/mol. The molecule has 2 atom stereocenters. The third-order valence-electron chi connectivity index (χ3n) is 4.06. The minimum atomic E-state index is 0.549. The molecular formula is C13H25NO. The van der Waals surface area contributed by atoms with Gasteiger partial charge in [-0.2, -0.15) is 0 Å². The molecule has 1 saturated heterocycles. The summed E-state index contributed by atoms with van der Waals surface area (Å²) in [5, 5.41) is 3.67. The van der Waals surface area contributed by atoms with Crippen molar-refractivity contribution in [1.82, 2.24) is 5.32 Å². The van der Waals surface area contributed by atoms with Gasteiger partial charge in [-0.1, -0.05) is 12.8 Å². The zero-order chi connectivity index (χ0) is 10.5. The lowest BCUT2D eigenvalue weighted by Gasteiger charge is -2.21. The third-order valence-corrected chi connectivity index (χ3v) is 4.06. The normalized spacial score (nSPS) is 29.8. The molecule has 2 rings (SSSR count). The van der Waals surface area contributed by atoms with Gasteiger partial charge in [-0.3, -0.25) is 0 Å². The van der Waals surface area contributed by atoms with Crippen molar-refractivity contribution in [2.24, 2.45) is 5.92 Å². The second kappa shape index (κ2) is 5.86. The van der Waals surface area contributed by atoms with Crippen molar-refractivity contribution in [2.75, 3.05) is 13.2 Å². The molecule has 1 aliphatic carbocycles. The van der Waals surface area contributed by atoms with Crippen molar-refractivity contribution in [3.63, 3.8) is 0 Å². The van der Waals surface area contributed by atoms with Crippen molar-refractivity contribution in [3.8, 4) is 0 Å². The molecule has 1 saturated carbocycles. The largest absolute Gasteiger partial charge is 0.378 e. The zero-order valence-corrected chi connectivity index (χ0v) is 10.0. The van der Waals surface area contributed by atoms with E-state index in [0.29, 0.717) is 12.1 Å². The van der Waals surface area contributed by atoms with Gasteiger partial charge in [0.1, 0.15) is 0 Å². The smallest absolute Gasteiger partial charge is 0.0588 e. The lowest BCUT2D eigenvalue weighted by Crippen LogP contribution is -2.34. The molecule has 2 fully saturated rings. The first-order valence-corrected chi connectivity index (χ1v) is 6.71. The lowest BCUT2D eigenvalue weighted by atomic mass is 9.99. The SMILES string of the molecule is CC(NCCC1CCCO1)C1CCCC1. The van der Waals surface area contributed by atoms with Crippen LogP contribution in [0.5, 0.6) is 0 Å². The molecule has 0 aromatic rings. The number of nitrogens with one attached hydrogen (secondary N) is 1. The van der Waals surface area contributed by atoms with E-state index in [2.05, 4.69) is 12.2 Å². The first-order chi connectivity index (χ1) is 7.36. The molecule has 1 aliphatic heterocycles. The van der Waals surface area contributed by atoms with Crippen LogP contribution in [0.25, 0.3) is 0 Å². The molecule has 0 aromatic heterocycles. The van der Waals surface area contributed by atoms with Crippen LogP contribution >= 0.6 is 0 Å². The van der Waals surface area contributed by atoms with Crippen molar-refractivity contribution >= 4 is 0 Å². The van der Waals surface area contributed by atoms with Crippen LogP contribution in [0.15, 0.2) is 0 Å². The molecule has 0 amide bonds. The Morgan fingerprint density at radius 1 is 1.20 bits per heavy atom. The van der Waals surface area contributed by atoms with Crippen LogP contribution < -0.4 is 5.32 Å². The summed E-state index contributed by atoms with van der Waals surface area (Å²) in [6, 6.07) is 0.717. The molecule has 0 bridgehead atoms. The number of hydrogen-bond donors (Lipinski definition) is 1. The van der Waals surface area contributed by atoms with E-state index < -0.39 is 0 Å². The van der Waals surface area contributed by atoms with Crippen molar-refractivity contribution in [2.45, 2.75) is 64.0 Å². The molecule has 2 heteroatoms. The van der Waals surface area contributed by atoms with Gasteiger partial charge in [-0.15, -0.1) is 0 Å². The van der Waals surface area contributed by atoms with Crippen LogP contribution in [-0.4, -0.2) is 25.3 Å². The number of hydrogen-bond acceptors (Lipinski definition) is 2. The molecule has 88 valence electrons. The Labute approximate surface area is 93.8 Å². The first-order valence-electron chi connectivity index (χ1n) is 6.71. The molecule has 2 nitrogen and oxygen atoms in total. The van der Waals surface area contributed by atoms with Crippen LogP contribution in [0.4, 0.5) is 0 Å². The minimum absolute atomic E-state index is 0.549. The summed E-state index contributed by atoms with van der Waals surface area (Å²) in [6.45, 7) is 4.48. The Morgan fingerprint density at radius 3 is 2.67 bits per heavy atom. The molecule has 0 aromatic carbocycles. The van der Waals surface area contributed by atoms with Gasteiger partial charge in [0.15, 0.2) is 0 Å². The Bertz CT molecular complexity index is 171. The van der Waals surface area contributed by atoms with Crippen LogP contribution in [0.3, 0.4) is 0 Å². The highest BCUT2D eigenvalue weighted by Crippen LogP contribution is 2.27. The van der Waals surface area contributed by atoms with Gasteiger partial charge in [-0.05, 0) is 51.5 Å². The van der Waals surface area contributed by atoms with E-state index in [1.807, 2.05) is 0 Å². The van der Waals surface area contributed by atoms with E-state index in [9.17, 15) is 0 Å². The molecule has 1 heterocycles. The first kappa shape index (κ1) is 11.4. The Hall–Kier alpha value is -0.0800. The second-order valence-electron chi connectivity index (χ2n) is 5.21. The molecule has 1 N–H and O–H groups in total. The topological polar surface area (TPSA) is 21.3 Å². The zero-order valence-electron chi connectivity index (χ0n) is 10.0. The van der Waals surface area contributed by atoms with Gasteiger partial charge in [0.05, 0.1) is 6.10 Å². The maximum atomic E-state index is 5.62. The summed E-state index contributed by atoms with van der Waals surface area (Å²) in [6.07, 6.45) is 10.1. The van der Waals surface area contributed by atoms with Crippen LogP contribution in [0.2, 0.25) is 0 Å². The fourth-order valence-corrected chi connectivity index (χ4v) is 2.97. The predicted octanol–water partition coefficient (Wildman–Crippen LogP) is 2.72. The fraction of sp³-hybridized carbons (Fsp3) is 1.00. The van der Waals surface area contributed by atoms with E-state index in [0.717, 1.165) is 19.1 Å². The van der Waals surface area contributed by atoms with Crippen molar-refractivity contribution < 1.29 is 4.74 Å². The van der Waals surface area contributed by atoms with Gasteiger partial charge in [0, 0.05) is 12.6 Å². The van der Waals surface area contributed by atoms with Gasteiger partial charge >= 0.3 is 0 Å². The monoisotopic (exact) mass is 211 g/mol. The maximum Gasteiger partial charge on any atom is 0.0588 e. The standard InChI is InChI=1S/C13H25NO/c1-11(12-5-2-3-6-12)14-9-8-13-7-4-10-15-13/h11-14H,2-10H2,1H3. The molecule has 2 unspecified atom stereocenters. The summed E-state index contributed by atoms with van der Waals surface area (Å²) in [5.74, 6) is 0.939. The second-order valence-corrected chi connectivity index (χ2v) is 5.21. The van der Waals surface area contributed by atoms with Crippen molar-refractivity contribution in [1.29, 1.82) is 0 Å². The Morgan fingerprint density at radius 2 is 2.00 bits per heavy atom. The fourth-order valence-electron chi connectivity index (χ4n) is 2.97. The quantitative estimate of drug-likeness (QED) is 0.755. The minimum Gasteiger partial charge on any atom is -0.378 e. The molecule has 0 spiro atoms. The molecular weight excluding hydrogens is 186 g/mol. The summed E-state index contributed by atoms with van der Waals surface area (Å²) in [5.41, 5.74) is 0. The predicted molar refractivity (Wildman–Crippen MR) is 63.0 cm³/mol. The molecule has 15 heavy (non-hydrogen) atoms. The van der Waals surface area contributed by atoms with E-state index >= 15 is 0 Å². The van der Waals surface area contributed by atoms with E-state index in [1.54, 1.807) is 0 Å². The lowest BCUT2D eigenvalue weighted by molar-refractivity contribution is 0.103. The highest BCUT2D eigenvalue weighted by atomic mass is 16.5. The highest BCUT2D eigenvalue weighted by molar-refractivity contribution is 4.77. The summed E-state index contributed by atoms with van der Waals surface area (Å²) in [4.78, 5) is 0. The number of ether oxygens (including phenoxy) is 1. The van der Waals surface area contributed by atoms with Crippen LogP contribution in [0, 0.1) is 5.92 Å². The molecule has 0 radical (unpaired) electrons. The third kappa shape index (κ3) is 3.46. The molecule has 2 aliphatic rings. The van der Waals surface area contributed by atoms with Crippen molar-refractivity contribution in [3.05, 3.63) is 0 Å². The van der Waals surface area contributed by atoms with E-state index in [1.165, 1.54) is 44.9 Å². The summed E-state index contributed by atoms with van der Waals surface area (Å²) in [7, 11) is 0. The van der Waals surface area contributed by atoms with Gasteiger partial charge in [0.2, 0.25) is 0 Å². The maximum absolute atomic E-state index is 5.62. The summed E-state index contributed by atoms with van der Waals surface area (Å²) >= 11 is 0. The van der Waals surface area contributed by atoms with E-state index in [4.69, 9.17) is 4.74 Å². The Kier molecular flexibility index (Phi) is 4.45. The van der Waals surface area contributed by atoms with Gasteiger partial charge < -0.3 is 10.1 Å². The number of rotatable bonds is 5. The van der Waals surface area contributed by atoms with Crippen LogP contribution in [-0.2, 0) is 4.74 Å². The summed E-state index contributed by atoms with van der Waals surface area (Å²) < 4.78 is 5.62. The highest BCUT2D eigenvalue weighted by Gasteiger charge is 2.21.